The van der Waals surface area contributed by atoms with Crippen LogP contribution >= 0.6 is 27.3 Å². The van der Waals surface area contributed by atoms with Crippen LogP contribution in [0.2, 0.25) is 0 Å². The van der Waals surface area contributed by atoms with E-state index in [4.69, 9.17) is 0 Å². The molecule has 2 N–H and O–H groups in total. The van der Waals surface area contributed by atoms with Gasteiger partial charge in [-0.05, 0) is 41.3 Å². The Labute approximate surface area is 96.5 Å². The first-order valence-electron chi connectivity index (χ1n) is 4.83. The molecule has 2 rings (SSSR count). The van der Waals surface area contributed by atoms with E-state index in [0.717, 1.165) is 23.9 Å². The summed E-state index contributed by atoms with van der Waals surface area (Å²) >= 11 is 5.18. The van der Waals surface area contributed by atoms with Crippen molar-refractivity contribution in [1.29, 1.82) is 0 Å². The number of aliphatic hydroxyl groups is 1. The molecular weight excluding hydrogens is 262 g/mol. The number of hydrogen-bond donors (Lipinski definition) is 2. The van der Waals surface area contributed by atoms with Crippen molar-refractivity contribution < 1.29 is 5.11 Å². The minimum absolute atomic E-state index is 0.0243. The molecule has 4 heteroatoms. The van der Waals surface area contributed by atoms with E-state index in [1.807, 2.05) is 0 Å². The molecule has 0 spiro atoms. The van der Waals surface area contributed by atoms with Crippen molar-refractivity contribution in [2.75, 3.05) is 6.61 Å². The van der Waals surface area contributed by atoms with Crippen molar-refractivity contribution >= 4 is 27.3 Å². The Morgan fingerprint density at radius 3 is 2.79 bits per heavy atom. The van der Waals surface area contributed by atoms with E-state index in [1.54, 1.807) is 11.3 Å². The van der Waals surface area contributed by atoms with Crippen molar-refractivity contribution in [2.24, 2.45) is 0 Å². The Balaban J connectivity index is 1.87. The highest BCUT2D eigenvalue weighted by Gasteiger charge is 2.35. The lowest BCUT2D eigenvalue weighted by molar-refractivity contribution is 0.0875. The van der Waals surface area contributed by atoms with Gasteiger partial charge in [0.15, 0.2) is 0 Å². The van der Waals surface area contributed by atoms with Gasteiger partial charge in [-0.15, -0.1) is 11.3 Å². The largest absolute Gasteiger partial charge is 0.394 e. The predicted molar refractivity (Wildman–Crippen MR) is 62.5 cm³/mol. The third-order valence-corrected chi connectivity index (χ3v) is 4.57. The normalized spacial score (nSPS) is 19.3. The second kappa shape index (κ2) is 4.31. The zero-order valence-corrected chi connectivity index (χ0v) is 10.3. The van der Waals surface area contributed by atoms with E-state index in [9.17, 15) is 5.11 Å². The third kappa shape index (κ3) is 2.19. The number of thiophene rings is 1. The average Bonchev–Trinajstić information content (AvgIpc) is 2.50. The smallest absolute Gasteiger partial charge is 0.0613 e. The lowest BCUT2D eigenvalue weighted by Gasteiger charge is -2.41. The Morgan fingerprint density at radius 1 is 1.57 bits per heavy atom. The van der Waals surface area contributed by atoms with E-state index in [-0.39, 0.29) is 12.1 Å². The van der Waals surface area contributed by atoms with E-state index in [0.29, 0.717) is 0 Å². The summed E-state index contributed by atoms with van der Waals surface area (Å²) in [4.78, 5) is 1.32. The van der Waals surface area contributed by atoms with Gasteiger partial charge in [0, 0.05) is 26.8 Å². The quantitative estimate of drug-likeness (QED) is 0.885. The molecule has 0 radical (unpaired) electrons. The SMILES string of the molecule is OCC1(NCc2cc(Br)cs2)CCC1. The fourth-order valence-electron chi connectivity index (χ4n) is 1.72. The fraction of sp³-hybridized carbons (Fsp3) is 0.600. The van der Waals surface area contributed by atoms with Gasteiger partial charge in [0.1, 0.15) is 0 Å². The molecule has 1 aromatic heterocycles. The fourth-order valence-corrected chi connectivity index (χ4v) is 3.11. The Bertz CT molecular complexity index is 303. The second-order valence-corrected chi connectivity index (χ2v) is 5.79. The molecule has 1 saturated carbocycles. The van der Waals surface area contributed by atoms with Gasteiger partial charge in [0.05, 0.1) is 6.61 Å². The standard InChI is InChI=1S/C10H14BrNOS/c11-8-4-9(14-6-8)5-12-10(7-13)2-1-3-10/h4,6,12-13H,1-3,5,7H2. The highest BCUT2D eigenvalue weighted by molar-refractivity contribution is 9.10. The number of hydrogen-bond acceptors (Lipinski definition) is 3. The second-order valence-electron chi connectivity index (χ2n) is 3.88. The van der Waals surface area contributed by atoms with Crippen molar-refractivity contribution in [3.63, 3.8) is 0 Å². The molecule has 1 aliphatic rings. The zero-order valence-electron chi connectivity index (χ0n) is 7.92. The minimum Gasteiger partial charge on any atom is -0.394 e. The molecule has 0 aromatic carbocycles. The number of aliphatic hydroxyl groups excluding tert-OH is 1. The Morgan fingerprint density at radius 2 is 2.36 bits per heavy atom. The molecule has 0 unspecified atom stereocenters. The van der Waals surface area contributed by atoms with Gasteiger partial charge < -0.3 is 10.4 Å². The van der Waals surface area contributed by atoms with Crippen molar-refractivity contribution in [1.82, 2.24) is 5.32 Å². The first kappa shape index (κ1) is 10.6. The molecule has 0 aliphatic heterocycles. The number of nitrogens with one attached hydrogen (secondary N) is 1. The molecule has 0 bridgehead atoms. The van der Waals surface area contributed by atoms with Crippen molar-refractivity contribution in [3.8, 4) is 0 Å². The maximum absolute atomic E-state index is 9.25. The molecule has 78 valence electrons. The molecule has 1 heterocycles. The molecule has 1 fully saturated rings. The van der Waals surface area contributed by atoms with Crippen LogP contribution < -0.4 is 5.32 Å². The van der Waals surface area contributed by atoms with Crippen LogP contribution in [-0.2, 0) is 6.54 Å². The zero-order chi connectivity index (χ0) is 10.0. The van der Waals surface area contributed by atoms with Crippen LogP contribution in [0.4, 0.5) is 0 Å². The molecule has 0 atom stereocenters. The highest BCUT2D eigenvalue weighted by atomic mass is 79.9. The molecule has 1 aromatic rings. The summed E-state index contributed by atoms with van der Waals surface area (Å²) in [6, 6.07) is 2.13. The summed E-state index contributed by atoms with van der Waals surface area (Å²) < 4.78 is 1.14. The third-order valence-electron chi connectivity index (χ3n) is 2.87. The molecular formula is C10H14BrNOS. The van der Waals surface area contributed by atoms with E-state index in [1.165, 1.54) is 11.3 Å². The highest BCUT2D eigenvalue weighted by Crippen LogP contribution is 2.32. The van der Waals surface area contributed by atoms with Crippen LogP contribution in [-0.4, -0.2) is 17.3 Å². The lowest BCUT2D eigenvalue weighted by atomic mass is 9.77. The maximum atomic E-state index is 9.25. The van der Waals surface area contributed by atoms with E-state index >= 15 is 0 Å². The summed E-state index contributed by atoms with van der Waals surface area (Å²) in [5.74, 6) is 0. The van der Waals surface area contributed by atoms with Crippen LogP contribution in [0.1, 0.15) is 24.1 Å². The van der Waals surface area contributed by atoms with Gasteiger partial charge in [-0.3, -0.25) is 0 Å². The lowest BCUT2D eigenvalue weighted by Crippen LogP contribution is -2.53. The van der Waals surface area contributed by atoms with Gasteiger partial charge in [-0.1, -0.05) is 0 Å². The van der Waals surface area contributed by atoms with Crippen LogP contribution in [0.25, 0.3) is 0 Å². The molecule has 0 saturated heterocycles. The minimum atomic E-state index is 0.0243. The summed E-state index contributed by atoms with van der Waals surface area (Å²) in [6.45, 7) is 1.14. The Kier molecular flexibility index (Phi) is 3.27. The predicted octanol–water partition coefficient (Wildman–Crippen LogP) is 2.52. The summed E-state index contributed by atoms with van der Waals surface area (Å²) in [5.41, 5.74) is 0.0243. The molecule has 1 aliphatic carbocycles. The van der Waals surface area contributed by atoms with Crippen molar-refractivity contribution in [3.05, 3.63) is 20.8 Å². The number of halogens is 1. The van der Waals surface area contributed by atoms with Gasteiger partial charge in [0.2, 0.25) is 0 Å². The van der Waals surface area contributed by atoms with Gasteiger partial charge in [0.25, 0.3) is 0 Å². The molecule has 2 nitrogen and oxygen atoms in total. The summed E-state index contributed by atoms with van der Waals surface area (Å²) in [6.07, 6.45) is 3.45. The van der Waals surface area contributed by atoms with E-state index in [2.05, 4.69) is 32.7 Å². The first-order valence-corrected chi connectivity index (χ1v) is 6.50. The van der Waals surface area contributed by atoms with Crippen LogP contribution in [0, 0.1) is 0 Å². The molecule has 0 amide bonds. The van der Waals surface area contributed by atoms with Crippen LogP contribution in [0.3, 0.4) is 0 Å². The average molecular weight is 276 g/mol. The topological polar surface area (TPSA) is 32.3 Å². The van der Waals surface area contributed by atoms with Gasteiger partial charge in [-0.2, -0.15) is 0 Å². The first-order chi connectivity index (χ1) is 6.74. The molecule has 14 heavy (non-hydrogen) atoms. The monoisotopic (exact) mass is 275 g/mol. The van der Waals surface area contributed by atoms with Crippen LogP contribution in [0.5, 0.6) is 0 Å². The van der Waals surface area contributed by atoms with E-state index < -0.39 is 0 Å². The summed E-state index contributed by atoms with van der Waals surface area (Å²) in [5, 5.41) is 14.8. The van der Waals surface area contributed by atoms with Gasteiger partial charge in [-0.25, -0.2) is 0 Å². The summed E-state index contributed by atoms with van der Waals surface area (Å²) in [7, 11) is 0. The maximum Gasteiger partial charge on any atom is 0.0613 e. The van der Waals surface area contributed by atoms with Gasteiger partial charge >= 0.3 is 0 Å². The Hall–Kier alpha value is 0.1000. The van der Waals surface area contributed by atoms with Crippen LogP contribution in [0.15, 0.2) is 15.9 Å². The van der Waals surface area contributed by atoms with Crippen molar-refractivity contribution in [2.45, 2.75) is 31.3 Å². The number of rotatable bonds is 4.